The Labute approximate surface area is 160 Å². The molecule has 0 fully saturated rings. The van der Waals surface area contributed by atoms with E-state index < -0.39 is 0 Å². The van der Waals surface area contributed by atoms with Crippen LogP contribution in [0.5, 0.6) is 5.75 Å². The monoisotopic (exact) mass is 378 g/mol. The first-order valence-electron chi connectivity index (χ1n) is 8.13. The van der Waals surface area contributed by atoms with Crippen molar-refractivity contribution in [1.82, 2.24) is 0 Å². The number of benzene rings is 3. The van der Waals surface area contributed by atoms with Gasteiger partial charge in [-0.2, -0.15) is 0 Å². The van der Waals surface area contributed by atoms with Crippen molar-refractivity contribution in [2.24, 2.45) is 0 Å². The van der Waals surface area contributed by atoms with E-state index in [-0.39, 0.29) is 5.78 Å². The topological polar surface area (TPSA) is 26.3 Å². The first kappa shape index (κ1) is 16.8. The highest BCUT2D eigenvalue weighted by Crippen LogP contribution is 2.41. The average Bonchev–Trinajstić information content (AvgIpc) is 3.07. The number of methoxy groups -OCH3 is 1. The van der Waals surface area contributed by atoms with Crippen molar-refractivity contribution in [1.29, 1.82) is 0 Å². The SMILES string of the molecule is COc1ccc2c(-c3ccccc3)c(C(=O)c3ccc(Cl)cc3)sc2c1. The van der Waals surface area contributed by atoms with E-state index in [4.69, 9.17) is 16.3 Å². The first-order chi connectivity index (χ1) is 12.7. The average molecular weight is 379 g/mol. The molecule has 0 bridgehead atoms. The molecule has 4 rings (SSSR count). The largest absolute Gasteiger partial charge is 0.497 e. The van der Waals surface area contributed by atoms with Crippen LogP contribution in [0, 0.1) is 0 Å². The fourth-order valence-electron chi connectivity index (χ4n) is 2.99. The maximum Gasteiger partial charge on any atom is 0.203 e. The van der Waals surface area contributed by atoms with Crippen LogP contribution in [-0.4, -0.2) is 12.9 Å². The molecule has 0 unspecified atom stereocenters. The lowest BCUT2D eigenvalue weighted by molar-refractivity contribution is 0.104. The number of thiophene rings is 1. The molecule has 1 heterocycles. The van der Waals surface area contributed by atoms with E-state index in [0.29, 0.717) is 10.6 Å². The number of fused-ring (bicyclic) bond motifs is 1. The van der Waals surface area contributed by atoms with Gasteiger partial charge in [0.2, 0.25) is 5.78 Å². The predicted molar refractivity (Wildman–Crippen MR) is 109 cm³/mol. The molecule has 0 saturated heterocycles. The molecule has 0 aliphatic rings. The molecule has 0 saturated carbocycles. The van der Waals surface area contributed by atoms with E-state index in [2.05, 4.69) is 0 Å². The Morgan fingerprint density at radius 3 is 2.38 bits per heavy atom. The number of carbonyl (C=O) groups excluding carboxylic acids is 1. The number of hydrogen-bond acceptors (Lipinski definition) is 3. The molecular weight excluding hydrogens is 364 g/mol. The highest BCUT2D eigenvalue weighted by Gasteiger charge is 2.21. The lowest BCUT2D eigenvalue weighted by Gasteiger charge is -2.05. The molecule has 0 aliphatic heterocycles. The summed E-state index contributed by atoms with van der Waals surface area (Å²) in [6.45, 7) is 0. The van der Waals surface area contributed by atoms with Crippen LogP contribution in [0.25, 0.3) is 21.2 Å². The normalized spacial score (nSPS) is 10.8. The van der Waals surface area contributed by atoms with E-state index in [0.717, 1.165) is 31.8 Å². The summed E-state index contributed by atoms with van der Waals surface area (Å²) in [5, 5.41) is 1.67. The molecule has 0 amide bonds. The zero-order valence-corrected chi connectivity index (χ0v) is 15.6. The van der Waals surface area contributed by atoms with E-state index in [9.17, 15) is 4.79 Å². The van der Waals surface area contributed by atoms with Crippen LogP contribution in [0.4, 0.5) is 0 Å². The van der Waals surface area contributed by atoms with Crippen molar-refractivity contribution in [3.05, 3.63) is 88.3 Å². The van der Waals surface area contributed by atoms with Crippen molar-refractivity contribution in [3.63, 3.8) is 0 Å². The molecule has 128 valence electrons. The Morgan fingerprint density at radius 1 is 0.962 bits per heavy atom. The summed E-state index contributed by atoms with van der Waals surface area (Å²) >= 11 is 7.46. The second-order valence-corrected chi connectivity index (χ2v) is 7.36. The maximum atomic E-state index is 13.2. The van der Waals surface area contributed by atoms with Gasteiger partial charge in [-0.25, -0.2) is 0 Å². The van der Waals surface area contributed by atoms with E-state index in [1.54, 1.807) is 31.4 Å². The van der Waals surface area contributed by atoms with Crippen LogP contribution in [0.2, 0.25) is 5.02 Å². The third-order valence-corrected chi connectivity index (χ3v) is 5.68. The number of rotatable bonds is 4. The van der Waals surface area contributed by atoms with Gasteiger partial charge in [0.25, 0.3) is 0 Å². The van der Waals surface area contributed by atoms with E-state index in [1.807, 2.05) is 48.5 Å². The molecular formula is C22H15ClO2S. The van der Waals surface area contributed by atoms with Gasteiger partial charge in [0.15, 0.2) is 0 Å². The minimum absolute atomic E-state index is 0.000636. The van der Waals surface area contributed by atoms with Crippen LogP contribution < -0.4 is 4.74 Å². The molecule has 0 N–H and O–H groups in total. The zero-order valence-electron chi connectivity index (χ0n) is 14.0. The predicted octanol–water partition coefficient (Wildman–Crippen LogP) is 6.46. The fraction of sp³-hybridized carbons (Fsp3) is 0.0455. The van der Waals surface area contributed by atoms with Gasteiger partial charge in [-0.3, -0.25) is 4.79 Å². The van der Waals surface area contributed by atoms with E-state index >= 15 is 0 Å². The summed E-state index contributed by atoms with van der Waals surface area (Å²) < 4.78 is 6.37. The Hall–Kier alpha value is -2.62. The van der Waals surface area contributed by atoms with Crippen LogP contribution in [0.1, 0.15) is 15.2 Å². The molecule has 3 aromatic carbocycles. The lowest BCUT2D eigenvalue weighted by Crippen LogP contribution is -2.00. The first-order valence-corrected chi connectivity index (χ1v) is 9.33. The van der Waals surface area contributed by atoms with Gasteiger partial charge in [0.1, 0.15) is 5.75 Å². The fourth-order valence-corrected chi connectivity index (χ4v) is 4.33. The Kier molecular flexibility index (Phi) is 4.49. The van der Waals surface area contributed by atoms with Crippen LogP contribution in [0.15, 0.2) is 72.8 Å². The number of hydrogen-bond donors (Lipinski definition) is 0. The molecule has 4 aromatic rings. The van der Waals surface area contributed by atoms with Crippen LogP contribution in [0.3, 0.4) is 0 Å². The summed E-state index contributed by atoms with van der Waals surface area (Å²) in [6, 6.07) is 23.0. The molecule has 2 nitrogen and oxygen atoms in total. The summed E-state index contributed by atoms with van der Waals surface area (Å²) in [4.78, 5) is 13.9. The maximum absolute atomic E-state index is 13.2. The summed E-state index contributed by atoms with van der Waals surface area (Å²) in [7, 11) is 1.65. The molecule has 0 atom stereocenters. The van der Waals surface area contributed by atoms with E-state index in [1.165, 1.54) is 11.3 Å². The van der Waals surface area contributed by atoms with Crippen molar-refractivity contribution in [2.45, 2.75) is 0 Å². The minimum atomic E-state index is 0.000636. The molecule has 0 aliphatic carbocycles. The molecule has 0 radical (unpaired) electrons. The number of carbonyl (C=O) groups is 1. The van der Waals surface area contributed by atoms with Crippen molar-refractivity contribution >= 4 is 38.8 Å². The van der Waals surface area contributed by atoms with Gasteiger partial charge < -0.3 is 4.74 Å². The smallest absolute Gasteiger partial charge is 0.203 e. The molecule has 26 heavy (non-hydrogen) atoms. The quantitative estimate of drug-likeness (QED) is 0.381. The van der Waals surface area contributed by atoms with Crippen molar-refractivity contribution in [3.8, 4) is 16.9 Å². The summed E-state index contributed by atoms with van der Waals surface area (Å²) in [6.07, 6.45) is 0. The van der Waals surface area contributed by atoms with Crippen LogP contribution in [-0.2, 0) is 0 Å². The number of ketones is 1. The molecule has 4 heteroatoms. The lowest BCUT2D eigenvalue weighted by atomic mass is 9.98. The second-order valence-electron chi connectivity index (χ2n) is 5.87. The van der Waals surface area contributed by atoms with Gasteiger partial charge in [-0.05, 0) is 48.0 Å². The van der Waals surface area contributed by atoms with Gasteiger partial charge >= 0.3 is 0 Å². The highest BCUT2D eigenvalue weighted by atomic mass is 35.5. The zero-order chi connectivity index (χ0) is 18.1. The Balaban J connectivity index is 1.95. The van der Waals surface area contributed by atoms with Gasteiger partial charge in [-0.15, -0.1) is 11.3 Å². The van der Waals surface area contributed by atoms with Gasteiger partial charge in [-0.1, -0.05) is 41.9 Å². The Bertz CT molecular complexity index is 1080. The second kappa shape index (κ2) is 6.94. The molecule has 0 spiro atoms. The molecule has 1 aromatic heterocycles. The third-order valence-electron chi connectivity index (χ3n) is 4.27. The van der Waals surface area contributed by atoms with Gasteiger partial charge in [0, 0.05) is 26.2 Å². The number of ether oxygens (including phenoxy) is 1. The summed E-state index contributed by atoms with van der Waals surface area (Å²) in [5.41, 5.74) is 2.62. The Morgan fingerprint density at radius 2 is 1.69 bits per heavy atom. The van der Waals surface area contributed by atoms with Crippen LogP contribution >= 0.6 is 22.9 Å². The summed E-state index contributed by atoms with van der Waals surface area (Å²) in [5.74, 6) is 0.782. The third kappa shape index (κ3) is 3.00. The van der Waals surface area contributed by atoms with Crippen molar-refractivity contribution in [2.75, 3.05) is 7.11 Å². The highest BCUT2D eigenvalue weighted by molar-refractivity contribution is 7.21. The minimum Gasteiger partial charge on any atom is -0.497 e. The van der Waals surface area contributed by atoms with Crippen molar-refractivity contribution < 1.29 is 9.53 Å². The standard InChI is InChI=1S/C22H15ClO2S/c1-25-17-11-12-18-19(13-17)26-22(20(18)14-5-3-2-4-6-14)21(24)15-7-9-16(23)10-8-15/h2-13H,1H3. The number of halogens is 1. The van der Waals surface area contributed by atoms with Gasteiger partial charge in [0.05, 0.1) is 12.0 Å².